The van der Waals surface area contributed by atoms with Crippen LogP contribution in [0.5, 0.6) is 0 Å². The summed E-state index contributed by atoms with van der Waals surface area (Å²) in [5.74, 6) is -16.1. The van der Waals surface area contributed by atoms with Gasteiger partial charge < -0.3 is 9.13 Å². The molecule has 0 bridgehead atoms. The number of nitriles is 2. The topological polar surface area (TPSA) is 57.4 Å². The molecule has 0 spiro atoms. The molecule has 5 rings (SSSR count). The van der Waals surface area contributed by atoms with E-state index in [-0.39, 0.29) is 22.7 Å². The van der Waals surface area contributed by atoms with Crippen molar-refractivity contribution in [1.82, 2.24) is 9.13 Å². The van der Waals surface area contributed by atoms with Crippen LogP contribution in [0.3, 0.4) is 0 Å². The maximum atomic E-state index is 15.6. The lowest BCUT2D eigenvalue weighted by molar-refractivity contribution is -0.254. The number of allylic oxidation sites excluding steroid dienone is 5. The molecular formula is C29H24F6N4S2. The standard InChI is InChI=1S/C29H24F6N4S2/c1-15-20(10-18(38(15)3)9-17(13-36)14-37)25-26(28(32,33)29(34,35)27(25,30)31)21-11-19(39(4)16(21)2)12-24-40-22-7-5-6-8-23(22)41-24/h9-12H,5-8H2,1-4H3. The highest BCUT2D eigenvalue weighted by Crippen LogP contribution is 2.65. The molecular weight excluding hydrogens is 582 g/mol. The highest BCUT2D eigenvalue weighted by molar-refractivity contribution is 8.28. The van der Waals surface area contributed by atoms with Crippen molar-refractivity contribution >= 4 is 46.8 Å². The normalized spacial score (nSPS) is 20.6. The van der Waals surface area contributed by atoms with Gasteiger partial charge in [0.25, 0.3) is 0 Å². The van der Waals surface area contributed by atoms with E-state index in [1.165, 1.54) is 45.9 Å². The first-order valence-corrected chi connectivity index (χ1v) is 14.3. The molecule has 41 heavy (non-hydrogen) atoms. The number of halogens is 6. The highest BCUT2D eigenvalue weighted by Gasteiger charge is 2.80. The van der Waals surface area contributed by atoms with Crippen molar-refractivity contribution < 1.29 is 26.3 Å². The van der Waals surface area contributed by atoms with Gasteiger partial charge in [-0.2, -0.15) is 36.9 Å². The van der Waals surface area contributed by atoms with Gasteiger partial charge in [0.2, 0.25) is 0 Å². The predicted octanol–water partition coefficient (Wildman–Crippen LogP) is 8.81. The zero-order chi connectivity index (χ0) is 30.1. The second-order valence-corrected chi connectivity index (χ2v) is 12.8. The van der Waals surface area contributed by atoms with Crippen LogP contribution in [0.2, 0.25) is 0 Å². The van der Waals surface area contributed by atoms with Crippen molar-refractivity contribution in [3.8, 4) is 12.1 Å². The van der Waals surface area contributed by atoms with Crippen molar-refractivity contribution in [2.75, 3.05) is 0 Å². The first-order chi connectivity index (χ1) is 19.2. The minimum atomic E-state index is -5.70. The SMILES string of the molecule is Cc1c(C2=C(c3cc(C=C4SC5=C(CCCC5)S4)n(C)c3C)C(F)(F)C(F)(F)C2(F)F)cc(C=C(C#N)C#N)n1C. The monoisotopic (exact) mass is 606 g/mol. The van der Waals surface area contributed by atoms with E-state index in [0.717, 1.165) is 42.1 Å². The van der Waals surface area contributed by atoms with Gasteiger partial charge in [0.15, 0.2) is 0 Å². The molecule has 2 aliphatic carbocycles. The highest BCUT2D eigenvalue weighted by atomic mass is 32.2. The van der Waals surface area contributed by atoms with Crippen LogP contribution in [0.15, 0.2) is 31.8 Å². The van der Waals surface area contributed by atoms with E-state index < -0.39 is 40.0 Å². The lowest BCUT2D eigenvalue weighted by Crippen LogP contribution is -2.49. The van der Waals surface area contributed by atoms with Gasteiger partial charge in [-0.1, -0.05) is 23.5 Å². The van der Waals surface area contributed by atoms with E-state index in [1.807, 2.05) is 0 Å². The predicted molar refractivity (Wildman–Crippen MR) is 150 cm³/mol. The molecule has 1 aliphatic heterocycles. The maximum absolute atomic E-state index is 15.6. The summed E-state index contributed by atoms with van der Waals surface area (Å²) in [5.41, 5.74) is -3.55. The fourth-order valence-electron chi connectivity index (χ4n) is 5.41. The van der Waals surface area contributed by atoms with Gasteiger partial charge in [0.05, 0.1) is 4.24 Å². The largest absolute Gasteiger partial charge is 0.380 e. The molecule has 3 heterocycles. The molecule has 2 aromatic rings. The Hall–Kier alpha value is -3.22. The molecule has 4 nitrogen and oxygen atoms in total. The van der Waals surface area contributed by atoms with Crippen LogP contribution >= 0.6 is 23.5 Å². The third-order valence-corrected chi connectivity index (χ3v) is 10.6. The molecule has 0 radical (unpaired) electrons. The molecule has 2 aromatic heterocycles. The summed E-state index contributed by atoms with van der Waals surface area (Å²) in [4.78, 5) is 2.54. The number of thioether (sulfide) groups is 2. The van der Waals surface area contributed by atoms with Crippen LogP contribution in [0.4, 0.5) is 26.3 Å². The molecule has 0 unspecified atom stereocenters. The fourth-order valence-corrected chi connectivity index (χ4v) is 8.20. The Balaban J connectivity index is 1.72. The van der Waals surface area contributed by atoms with E-state index in [9.17, 15) is 8.78 Å². The quantitative estimate of drug-likeness (QED) is 0.258. The summed E-state index contributed by atoms with van der Waals surface area (Å²) < 4.78 is 95.8. The van der Waals surface area contributed by atoms with Crippen molar-refractivity contribution in [3.63, 3.8) is 0 Å². The molecule has 0 fully saturated rings. The number of nitrogens with zero attached hydrogens (tertiary/aromatic N) is 4. The number of hydrogen-bond acceptors (Lipinski definition) is 4. The average Bonchev–Trinajstić information content (AvgIpc) is 3.57. The van der Waals surface area contributed by atoms with Crippen LogP contribution in [-0.4, -0.2) is 26.9 Å². The maximum Gasteiger partial charge on any atom is 0.380 e. The molecule has 214 valence electrons. The summed E-state index contributed by atoms with van der Waals surface area (Å²) >= 11 is 3.19. The molecule has 0 atom stereocenters. The van der Waals surface area contributed by atoms with E-state index in [4.69, 9.17) is 10.5 Å². The van der Waals surface area contributed by atoms with Crippen LogP contribution in [-0.2, 0) is 14.1 Å². The molecule has 0 aromatic carbocycles. The van der Waals surface area contributed by atoms with Gasteiger partial charge in [-0.25, -0.2) is 0 Å². The van der Waals surface area contributed by atoms with E-state index in [0.29, 0.717) is 5.69 Å². The summed E-state index contributed by atoms with van der Waals surface area (Å²) in [7, 11) is 2.98. The van der Waals surface area contributed by atoms with Crippen LogP contribution in [0, 0.1) is 36.5 Å². The second-order valence-electron chi connectivity index (χ2n) is 10.2. The Morgan fingerprint density at radius 2 is 1.24 bits per heavy atom. The van der Waals surface area contributed by atoms with E-state index in [2.05, 4.69) is 0 Å². The Morgan fingerprint density at radius 1 is 0.805 bits per heavy atom. The van der Waals surface area contributed by atoms with Crippen LogP contribution in [0.1, 0.15) is 59.6 Å². The minimum absolute atomic E-state index is 0.00140. The van der Waals surface area contributed by atoms with Crippen molar-refractivity contribution in [3.05, 3.63) is 65.7 Å². The minimum Gasteiger partial charge on any atom is -0.348 e. The zero-order valence-corrected chi connectivity index (χ0v) is 24.1. The Labute approximate surface area is 241 Å². The van der Waals surface area contributed by atoms with Crippen molar-refractivity contribution in [2.24, 2.45) is 14.1 Å². The first-order valence-electron chi connectivity index (χ1n) is 12.7. The van der Waals surface area contributed by atoms with Gasteiger partial charge in [-0.3, -0.25) is 0 Å². The molecule has 12 heteroatoms. The number of alkyl halides is 6. The summed E-state index contributed by atoms with van der Waals surface area (Å²) in [6.07, 6.45) is 6.97. The van der Waals surface area contributed by atoms with Crippen LogP contribution < -0.4 is 0 Å². The molecule has 0 saturated carbocycles. The van der Waals surface area contributed by atoms with Gasteiger partial charge in [-0.15, -0.1) is 0 Å². The number of rotatable bonds is 4. The lowest BCUT2D eigenvalue weighted by atomic mass is 9.94. The first kappa shape index (κ1) is 29.3. The van der Waals surface area contributed by atoms with Gasteiger partial charge in [-0.05, 0) is 63.8 Å². The fraction of sp³-hybridized carbons (Fsp3) is 0.379. The van der Waals surface area contributed by atoms with Crippen LogP contribution in [0.25, 0.3) is 23.3 Å². The summed E-state index contributed by atoms with van der Waals surface area (Å²) in [5, 5.41) is 18.2. The summed E-state index contributed by atoms with van der Waals surface area (Å²) in [6.45, 7) is 2.76. The van der Waals surface area contributed by atoms with Gasteiger partial charge in [0.1, 0.15) is 17.7 Å². The van der Waals surface area contributed by atoms with Crippen molar-refractivity contribution in [1.29, 1.82) is 10.5 Å². The van der Waals surface area contributed by atoms with Crippen molar-refractivity contribution in [2.45, 2.75) is 57.3 Å². The zero-order valence-electron chi connectivity index (χ0n) is 22.5. The molecule has 0 amide bonds. The number of aromatic nitrogens is 2. The third-order valence-electron chi connectivity index (χ3n) is 7.97. The number of hydrogen-bond donors (Lipinski definition) is 0. The molecule has 0 saturated heterocycles. The lowest BCUT2D eigenvalue weighted by Gasteiger charge is -2.25. The Bertz CT molecular complexity index is 1650. The smallest absolute Gasteiger partial charge is 0.348 e. The van der Waals surface area contributed by atoms with Gasteiger partial charge in [0, 0.05) is 69.0 Å². The third kappa shape index (κ3) is 4.29. The average molecular weight is 607 g/mol. The summed E-state index contributed by atoms with van der Waals surface area (Å²) in [6, 6.07) is 5.58. The van der Waals surface area contributed by atoms with E-state index >= 15 is 17.6 Å². The van der Waals surface area contributed by atoms with E-state index in [1.54, 1.807) is 48.8 Å². The Morgan fingerprint density at radius 3 is 1.71 bits per heavy atom. The second kappa shape index (κ2) is 9.95. The molecule has 3 aliphatic rings. The molecule has 0 N–H and O–H groups in total. The Kier molecular flexibility index (Phi) is 7.11. The van der Waals surface area contributed by atoms with Gasteiger partial charge >= 0.3 is 17.8 Å².